The van der Waals surface area contributed by atoms with Crippen LogP contribution in [0.2, 0.25) is 0 Å². The first-order chi connectivity index (χ1) is 11.8. The van der Waals surface area contributed by atoms with Crippen molar-refractivity contribution in [3.8, 4) is 17.2 Å². The van der Waals surface area contributed by atoms with Gasteiger partial charge in [0, 0.05) is 24.9 Å². The van der Waals surface area contributed by atoms with Crippen molar-refractivity contribution in [3.05, 3.63) is 53.6 Å². The summed E-state index contributed by atoms with van der Waals surface area (Å²) < 4.78 is 17.0. The highest BCUT2D eigenvalue weighted by Crippen LogP contribution is 2.31. The lowest BCUT2D eigenvalue weighted by Gasteiger charge is -2.26. The first-order valence-electron chi connectivity index (χ1n) is 8.22. The van der Waals surface area contributed by atoms with Crippen LogP contribution in [0.25, 0.3) is 0 Å². The highest BCUT2D eigenvalue weighted by Gasteiger charge is 2.21. The van der Waals surface area contributed by atoms with Gasteiger partial charge in [0.05, 0.1) is 6.61 Å². The van der Waals surface area contributed by atoms with Crippen LogP contribution in [-0.2, 0) is 6.42 Å². The van der Waals surface area contributed by atoms with Crippen LogP contribution in [0, 0.1) is 0 Å². The van der Waals surface area contributed by atoms with Crippen LogP contribution in [0.15, 0.2) is 42.5 Å². The number of benzene rings is 2. The van der Waals surface area contributed by atoms with Crippen molar-refractivity contribution < 1.29 is 19.0 Å². The molecule has 5 heteroatoms. The van der Waals surface area contributed by atoms with Crippen LogP contribution in [-0.4, -0.2) is 31.8 Å². The average molecular weight is 325 g/mol. The van der Waals surface area contributed by atoms with Gasteiger partial charge >= 0.3 is 0 Å². The van der Waals surface area contributed by atoms with Crippen LogP contribution < -0.4 is 19.5 Å². The number of amides is 1. The Balaban J connectivity index is 1.29. The predicted octanol–water partition coefficient (Wildman–Crippen LogP) is 2.58. The second-order valence-corrected chi connectivity index (χ2v) is 5.96. The van der Waals surface area contributed by atoms with E-state index < -0.39 is 0 Å². The fourth-order valence-corrected chi connectivity index (χ4v) is 2.98. The van der Waals surface area contributed by atoms with Gasteiger partial charge < -0.3 is 19.5 Å². The van der Waals surface area contributed by atoms with E-state index in [1.807, 2.05) is 36.4 Å². The number of rotatable bonds is 4. The van der Waals surface area contributed by atoms with Gasteiger partial charge in [-0.2, -0.15) is 0 Å². The van der Waals surface area contributed by atoms with Crippen molar-refractivity contribution in [1.29, 1.82) is 0 Å². The number of para-hydroxylation sites is 2. The first kappa shape index (κ1) is 14.9. The van der Waals surface area contributed by atoms with E-state index in [1.165, 1.54) is 0 Å². The average Bonchev–Trinajstić information content (AvgIpc) is 3.09. The quantitative estimate of drug-likeness (QED) is 0.939. The van der Waals surface area contributed by atoms with E-state index in [0.29, 0.717) is 31.7 Å². The molecule has 2 aromatic carbocycles. The Labute approximate surface area is 140 Å². The van der Waals surface area contributed by atoms with Crippen molar-refractivity contribution in [2.75, 3.05) is 19.8 Å². The molecule has 1 N–H and O–H groups in total. The van der Waals surface area contributed by atoms with Gasteiger partial charge in [0.2, 0.25) is 0 Å². The summed E-state index contributed by atoms with van der Waals surface area (Å²) in [5.41, 5.74) is 1.77. The molecule has 0 saturated heterocycles. The number of carbonyl (C=O) groups excluding carboxylic acids is 1. The standard InChI is InChI=1S/C19H19NO4/c21-19(14-5-6-16-13(11-14)8-10-22-16)20-9-7-15-12-23-17-3-1-2-4-18(17)24-15/h1-6,11,15H,7-10,12H2,(H,20,21). The number of ether oxygens (including phenoxy) is 3. The van der Waals surface area contributed by atoms with Crippen LogP contribution in [0.3, 0.4) is 0 Å². The number of hydrogen-bond donors (Lipinski definition) is 1. The van der Waals surface area contributed by atoms with E-state index in [1.54, 1.807) is 6.07 Å². The molecule has 1 unspecified atom stereocenters. The summed E-state index contributed by atoms with van der Waals surface area (Å²) in [6.07, 6.45) is 1.52. The van der Waals surface area contributed by atoms with Crippen LogP contribution in [0.4, 0.5) is 0 Å². The number of hydrogen-bond acceptors (Lipinski definition) is 4. The SMILES string of the molecule is O=C(NCCC1COc2ccccc2O1)c1ccc2c(c1)CCO2. The molecule has 24 heavy (non-hydrogen) atoms. The predicted molar refractivity (Wildman–Crippen MR) is 88.9 cm³/mol. The third-order valence-electron chi connectivity index (χ3n) is 4.27. The maximum Gasteiger partial charge on any atom is 0.251 e. The zero-order valence-corrected chi connectivity index (χ0v) is 13.3. The maximum atomic E-state index is 12.3. The molecule has 2 heterocycles. The fraction of sp³-hybridized carbons (Fsp3) is 0.316. The first-order valence-corrected chi connectivity index (χ1v) is 8.22. The molecule has 0 saturated carbocycles. The molecule has 0 aliphatic carbocycles. The molecule has 0 fully saturated rings. The number of nitrogens with one attached hydrogen (secondary N) is 1. The van der Waals surface area contributed by atoms with Crippen molar-refractivity contribution >= 4 is 5.91 Å². The highest BCUT2D eigenvalue weighted by molar-refractivity contribution is 5.94. The Kier molecular flexibility index (Phi) is 3.99. The van der Waals surface area contributed by atoms with E-state index in [-0.39, 0.29) is 12.0 Å². The summed E-state index contributed by atoms with van der Waals surface area (Å²) in [7, 11) is 0. The third kappa shape index (κ3) is 3.02. The van der Waals surface area contributed by atoms with Crippen molar-refractivity contribution in [1.82, 2.24) is 5.32 Å². The molecule has 0 aromatic heterocycles. The molecular formula is C19H19NO4. The molecule has 0 bridgehead atoms. The van der Waals surface area contributed by atoms with Crippen LogP contribution in [0.1, 0.15) is 22.3 Å². The fourth-order valence-electron chi connectivity index (χ4n) is 2.98. The van der Waals surface area contributed by atoms with Gasteiger partial charge in [-0.25, -0.2) is 0 Å². The van der Waals surface area contributed by atoms with E-state index in [2.05, 4.69) is 5.32 Å². The van der Waals surface area contributed by atoms with E-state index in [0.717, 1.165) is 29.2 Å². The lowest BCUT2D eigenvalue weighted by molar-refractivity contribution is 0.0813. The van der Waals surface area contributed by atoms with Gasteiger partial charge in [-0.15, -0.1) is 0 Å². The Bertz CT molecular complexity index is 759. The Hall–Kier alpha value is -2.69. The molecular weight excluding hydrogens is 306 g/mol. The summed E-state index contributed by atoms with van der Waals surface area (Å²) in [5.74, 6) is 2.36. The summed E-state index contributed by atoms with van der Waals surface area (Å²) >= 11 is 0. The molecule has 5 nitrogen and oxygen atoms in total. The minimum absolute atomic E-state index is 0.0476. The molecule has 0 radical (unpaired) electrons. The van der Waals surface area contributed by atoms with Gasteiger partial charge in [0.25, 0.3) is 5.91 Å². The zero-order valence-electron chi connectivity index (χ0n) is 13.3. The van der Waals surface area contributed by atoms with E-state index in [4.69, 9.17) is 14.2 Å². The monoisotopic (exact) mass is 325 g/mol. The highest BCUT2D eigenvalue weighted by atomic mass is 16.6. The van der Waals surface area contributed by atoms with Gasteiger partial charge in [-0.3, -0.25) is 4.79 Å². The smallest absolute Gasteiger partial charge is 0.251 e. The summed E-state index contributed by atoms with van der Waals surface area (Å²) in [6, 6.07) is 13.2. The molecule has 4 rings (SSSR count). The van der Waals surface area contributed by atoms with E-state index in [9.17, 15) is 4.79 Å². The lowest BCUT2D eigenvalue weighted by Crippen LogP contribution is -2.34. The van der Waals surface area contributed by atoms with Crippen LogP contribution in [0.5, 0.6) is 17.2 Å². The largest absolute Gasteiger partial charge is 0.493 e. The minimum atomic E-state index is -0.0678. The van der Waals surface area contributed by atoms with Crippen molar-refractivity contribution in [2.24, 2.45) is 0 Å². The molecule has 1 amide bonds. The maximum absolute atomic E-state index is 12.3. The van der Waals surface area contributed by atoms with E-state index >= 15 is 0 Å². The Morgan fingerprint density at radius 2 is 1.96 bits per heavy atom. The molecule has 2 aliphatic rings. The Morgan fingerprint density at radius 3 is 2.88 bits per heavy atom. The second kappa shape index (κ2) is 6.43. The lowest BCUT2D eigenvalue weighted by atomic mass is 10.1. The Morgan fingerprint density at radius 1 is 1.08 bits per heavy atom. The summed E-state index contributed by atoms with van der Waals surface area (Å²) in [6.45, 7) is 1.74. The molecule has 0 spiro atoms. The summed E-state index contributed by atoms with van der Waals surface area (Å²) in [5, 5.41) is 2.95. The second-order valence-electron chi connectivity index (χ2n) is 5.96. The molecule has 2 aliphatic heterocycles. The zero-order chi connectivity index (χ0) is 16.4. The van der Waals surface area contributed by atoms with Gasteiger partial charge in [-0.05, 0) is 35.9 Å². The van der Waals surface area contributed by atoms with Crippen molar-refractivity contribution in [2.45, 2.75) is 18.9 Å². The summed E-state index contributed by atoms with van der Waals surface area (Å²) in [4.78, 5) is 12.3. The number of fused-ring (bicyclic) bond motifs is 2. The van der Waals surface area contributed by atoms with Gasteiger partial charge in [0.15, 0.2) is 11.5 Å². The minimum Gasteiger partial charge on any atom is -0.493 e. The number of carbonyl (C=O) groups is 1. The molecule has 1 atom stereocenters. The van der Waals surface area contributed by atoms with Gasteiger partial charge in [-0.1, -0.05) is 12.1 Å². The molecule has 2 aromatic rings. The van der Waals surface area contributed by atoms with Gasteiger partial charge in [0.1, 0.15) is 18.5 Å². The molecule has 124 valence electrons. The third-order valence-corrected chi connectivity index (χ3v) is 4.27. The van der Waals surface area contributed by atoms with Crippen LogP contribution >= 0.6 is 0 Å². The normalized spacial score (nSPS) is 17.8. The topological polar surface area (TPSA) is 56.8 Å². The van der Waals surface area contributed by atoms with Crippen molar-refractivity contribution in [3.63, 3.8) is 0 Å².